The molecule has 0 aromatic heterocycles. The first-order chi connectivity index (χ1) is 8.72. The van der Waals surface area contributed by atoms with Crippen LogP contribution in [0, 0.1) is 0 Å². The van der Waals surface area contributed by atoms with Crippen LogP contribution in [0.2, 0.25) is 5.02 Å². The van der Waals surface area contributed by atoms with E-state index >= 15 is 0 Å². The molecule has 3 heteroatoms. The topological polar surface area (TPSA) is 29.3 Å². The molecule has 2 bridgehead atoms. The van der Waals surface area contributed by atoms with Gasteiger partial charge in [0.15, 0.2) is 0 Å². The Balaban J connectivity index is 1.73. The summed E-state index contributed by atoms with van der Waals surface area (Å²) in [5.74, 6) is 0. The van der Waals surface area contributed by atoms with Gasteiger partial charge in [-0.3, -0.25) is 4.90 Å². The molecule has 2 aliphatic rings. The first-order valence-corrected chi connectivity index (χ1v) is 7.36. The largest absolute Gasteiger partial charge is 0.328 e. The van der Waals surface area contributed by atoms with Crippen LogP contribution >= 0.6 is 11.6 Å². The fourth-order valence-electron chi connectivity index (χ4n) is 3.58. The van der Waals surface area contributed by atoms with Gasteiger partial charge < -0.3 is 5.73 Å². The average molecular weight is 265 g/mol. The number of halogens is 1. The van der Waals surface area contributed by atoms with E-state index in [2.05, 4.69) is 17.0 Å². The Kier molecular flexibility index (Phi) is 3.60. The Bertz CT molecular complexity index is 389. The van der Waals surface area contributed by atoms with Crippen molar-refractivity contribution in [2.75, 3.05) is 0 Å². The minimum atomic E-state index is 0.418. The molecule has 2 N–H and O–H groups in total. The van der Waals surface area contributed by atoms with E-state index in [0.29, 0.717) is 18.1 Å². The van der Waals surface area contributed by atoms with Crippen molar-refractivity contribution in [2.45, 2.75) is 56.8 Å². The van der Waals surface area contributed by atoms with Crippen molar-refractivity contribution < 1.29 is 0 Å². The maximum atomic E-state index is 6.16. The SMILES string of the molecule is NC1CC2CCCC(C1)N2Cc1ccc(Cl)cc1. The van der Waals surface area contributed by atoms with Gasteiger partial charge >= 0.3 is 0 Å². The first-order valence-electron chi connectivity index (χ1n) is 6.98. The summed E-state index contributed by atoms with van der Waals surface area (Å²) in [5.41, 5.74) is 7.52. The molecule has 2 atom stereocenters. The third-order valence-electron chi connectivity index (χ3n) is 4.44. The summed E-state index contributed by atoms with van der Waals surface area (Å²) >= 11 is 5.94. The fraction of sp³-hybridized carbons (Fsp3) is 0.600. The molecule has 0 spiro atoms. The van der Waals surface area contributed by atoms with Crippen molar-refractivity contribution in [3.8, 4) is 0 Å². The maximum absolute atomic E-state index is 6.16. The fourth-order valence-corrected chi connectivity index (χ4v) is 3.71. The minimum absolute atomic E-state index is 0.418. The molecule has 0 saturated carbocycles. The van der Waals surface area contributed by atoms with Gasteiger partial charge in [-0.15, -0.1) is 0 Å². The van der Waals surface area contributed by atoms with Crippen molar-refractivity contribution in [1.29, 1.82) is 0 Å². The molecular formula is C15H21ClN2. The van der Waals surface area contributed by atoms with Gasteiger partial charge in [0, 0.05) is 29.7 Å². The third-order valence-corrected chi connectivity index (χ3v) is 4.69. The van der Waals surface area contributed by atoms with Crippen LogP contribution in [0.3, 0.4) is 0 Å². The van der Waals surface area contributed by atoms with E-state index in [-0.39, 0.29) is 0 Å². The molecule has 2 unspecified atom stereocenters. The van der Waals surface area contributed by atoms with E-state index in [1.807, 2.05) is 12.1 Å². The van der Waals surface area contributed by atoms with Crippen molar-refractivity contribution in [2.24, 2.45) is 5.73 Å². The zero-order valence-corrected chi connectivity index (χ0v) is 11.4. The second-order valence-electron chi connectivity index (χ2n) is 5.77. The van der Waals surface area contributed by atoms with Crippen LogP contribution in [0.4, 0.5) is 0 Å². The van der Waals surface area contributed by atoms with E-state index in [9.17, 15) is 0 Å². The molecule has 0 aliphatic carbocycles. The van der Waals surface area contributed by atoms with Gasteiger partial charge in [0.25, 0.3) is 0 Å². The van der Waals surface area contributed by atoms with Gasteiger partial charge in [0.2, 0.25) is 0 Å². The molecule has 98 valence electrons. The van der Waals surface area contributed by atoms with Crippen LogP contribution in [0.15, 0.2) is 24.3 Å². The maximum Gasteiger partial charge on any atom is 0.0406 e. The number of piperidine rings is 2. The van der Waals surface area contributed by atoms with E-state index in [1.165, 1.54) is 37.7 Å². The van der Waals surface area contributed by atoms with Crippen LogP contribution in [0.25, 0.3) is 0 Å². The van der Waals surface area contributed by atoms with Crippen LogP contribution < -0.4 is 5.73 Å². The van der Waals surface area contributed by atoms with Crippen molar-refractivity contribution in [3.63, 3.8) is 0 Å². The monoisotopic (exact) mass is 264 g/mol. The van der Waals surface area contributed by atoms with Gasteiger partial charge in [0.1, 0.15) is 0 Å². The van der Waals surface area contributed by atoms with Gasteiger partial charge in [-0.2, -0.15) is 0 Å². The predicted molar refractivity (Wildman–Crippen MR) is 75.6 cm³/mol. The zero-order chi connectivity index (χ0) is 12.5. The summed E-state index contributed by atoms with van der Waals surface area (Å²) in [4.78, 5) is 2.68. The lowest BCUT2D eigenvalue weighted by atomic mass is 9.82. The standard InChI is InChI=1S/C15H21ClN2/c16-12-6-4-11(5-7-12)10-18-14-2-1-3-15(18)9-13(17)8-14/h4-7,13-15H,1-3,8-10,17H2. The predicted octanol–water partition coefficient (Wildman–Crippen LogP) is 3.18. The molecule has 2 aliphatic heterocycles. The number of hydrogen-bond donors (Lipinski definition) is 1. The second-order valence-corrected chi connectivity index (χ2v) is 6.21. The summed E-state index contributed by atoms with van der Waals surface area (Å²) in [5, 5.41) is 0.819. The van der Waals surface area contributed by atoms with Crippen molar-refractivity contribution in [1.82, 2.24) is 4.90 Å². The second kappa shape index (κ2) is 5.20. The van der Waals surface area contributed by atoms with E-state index < -0.39 is 0 Å². The quantitative estimate of drug-likeness (QED) is 0.889. The normalized spacial score (nSPS) is 32.4. The summed E-state index contributed by atoms with van der Waals surface area (Å²) in [6.45, 7) is 1.05. The number of hydrogen-bond acceptors (Lipinski definition) is 2. The number of rotatable bonds is 2. The zero-order valence-electron chi connectivity index (χ0n) is 10.7. The minimum Gasteiger partial charge on any atom is -0.328 e. The van der Waals surface area contributed by atoms with Gasteiger partial charge in [-0.1, -0.05) is 30.2 Å². The van der Waals surface area contributed by atoms with Gasteiger partial charge in [0.05, 0.1) is 0 Å². The Morgan fingerprint density at radius 3 is 2.33 bits per heavy atom. The van der Waals surface area contributed by atoms with Crippen LogP contribution in [0.1, 0.15) is 37.7 Å². The lowest BCUT2D eigenvalue weighted by molar-refractivity contribution is 0.0245. The lowest BCUT2D eigenvalue weighted by Crippen LogP contribution is -2.54. The molecule has 3 rings (SSSR count). The molecule has 0 amide bonds. The Morgan fingerprint density at radius 2 is 1.72 bits per heavy atom. The van der Waals surface area contributed by atoms with Crippen LogP contribution in [-0.4, -0.2) is 23.0 Å². The Morgan fingerprint density at radius 1 is 1.11 bits per heavy atom. The van der Waals surface area contributed by atoms with Gasteiger partial charge in [-0.25, -0.2) is 0 Å². The highest BCUT2D eigenvalue weighted by molar-refractivity contribution is 6.30. The molecule has 2 fully saturated rings. The number of fused-ring (bicyclic) bond motifs is 2. The van der Waals surface area contributed by atoms with E-state index in [0.717, 1.165) is 11.6 Å². The van der Waals surface area contributed by atoms with Gasteiger partial charge in [-0.05, 0) is 43.4 Å². The van der Waals surface area contributed by atoms with Crippen LogP contribution in [-0.2, 0) is 6.54 Å². The van der Waals surface area contributed by atoms with E-state index in [1.54, 1.807) is 0 Å². The molecule has 0 radical (unpaired) electrons. The highest BCUT2D eigenvalue weighted by Crippen LogP contribution is 2.34. The van der Waals surface area contributed by atoms with Crippen molar-refractivity contribution in [3.05, 3.63) is 34.9 Å². The van der Waals surface area contributed by atoms with Crippen molar-refractivity contribution >= 4 is 11.6 Å². The molecule has 2 heterocycles. The smallest absolute Gasteiger partial charge is 0.0406 e. The number of nitrogens with zero attached hydrogens (tertiary/aromatic N) is 1. The van der Waals surface area contributed by atoms with E-state index in [4.69, 9.17) is 17.3 Å². The molecule has 2 saturated heterocycles. The summed E-state index contributed by atoms with van der Waals surface area (Å²) < 4.78 is 0. The average Bonchev–Trinajstić information content (AvgIpc) is 2.33. The highest BCUT2D eigenvalue weighted by Gasteiger charge is 2.36. The molecule has 1 aromatic rings. The molecular weight excluding hydrogens is 244 g/mol. The number of nitrogens with two attached hydrogens (primary N) is 1. The molecule has 18 heavy (non-hydrogen) atoms. The molecule has 2 nitrogen and oxygen atoms in total. The van der Waals surface area contributed by atoms with Crippen LogP contribution in [0.5, 0.6) is 0 Å². The third kappa shape index (κ3) is 2.56. The highest BCUT2D eigenvalue weighted by atomic mass is 35.5. The summed E-state index contributed by atoms with van der Waals surface area (Å²) in [6.07, 6.45) is 6.35. The summed E-state index contributed by atoms with van der Waals surface area (Å²) in [6, 6.07) is 10.1. The number of benzene rings is 1. The Hall–Kier alpha value is -0.570. The molecule has 1 aromatic carbocycles. The first kappa shape index (κ1) is 12.5. The Labute approximate surface area is 114 Å². The lowest BCUT2D eigenvalue weighted by Gasteiger charge is -2.48. The summed E-state index contributed by atoms with van der Waals surface area (Å²) in [7, 11) is 0.